The number of amides is 2. The molecule has 2 aromatic rings. The van der Waals surface area contributed by atoms with Gasteiger partial charge in [0.1, 0.15) is 18.1 Å². The molecule has 1 N–H and O–H groups in total. The second kappa shape index (κ2) is 13.4. The van der Waals surface area contributed by atoms with Crippen molar-refractivity contribution < 1.29 is 19.1 Å². The first-order valence-electron chi connectivity index (χ1n) is 14.0. The lowest BCUT2D eigenvalue weighted by molar-refractivity contribution is -0.142. The maximum atomic E-state index is 13.8. The topological polar surface area (TPSA) is 67.9 Å². The normalized spacial score (nSPS) is 20.4. The highest BCUT2D eigenvalue weighted by Gasteiger charge is 2.42. The van der Waals surface area contributed by atoms with E-state index in [1.807, 2.05) is 17.0 Å². The van der Waals surface area contributed by atoms with Crippen LogP contribution in [0.25, 0.3) is 0 Å². The van der Waals surface area contributed by atoms with Crippen molar-refractivity contribution in [2.45, 2.75) is 71.3 Å². The number of nitrogens with zero attached hydrogens (tertiary/aromatic N) is 1. The molecule has 2 heterocycles. The van der Waals surface area contributed by atoms with Gasteiger partial charge in [0, 0.05) is 18.1 Å². The lowest BCUT2D eigenvalue weighted by Gasteiger charge is -2.41. The zero-order valence-corrected chi connectivity index (χ0v) is 23.5. The van der Waals surface area contributed by atoms with Crippen molar-refractivity contribution in [1.82, 2.24) is 10.2 Å². The van der Waals surface area contributed by atoms with E-state index in [2.05, 4.69) is 31.3 Å². The van der Waals surface area contributed by atoms with Crippen LogP contribution in [0.15, 0.2) is 48.5 Å². The third-order valence-electron chi connectivity index (χ3n) is 7.82. The Kier molecular flexibility index (Phi) is 9.95. The van der Waals surface area contributed by atoms with Gasteiger partial charge in [0.2, 0.25) is 5.91 Å². The minimum absolute atomic E-state index is 0.0338. The Morgan fingerprint density at radius 3 is 2.66 bits per heavy atom. The van der Waals surface area contributed by atoms with Gasteiger partial charge in [0.15, 0.2) is 6.61 Å². The smallest absolute Gasteiger partial charge is 0.260 e. The van der Waals surface area contributed by atoms with Gasteiger partial charge in [-0.15, -0.1) is 0 Å². The molecule has 0 aliphatic carbocycles. The summed E-state index contributed by atoms with van der Waals surface area (Å²) in [6.45, 7) is 5.89. The Morgan fingerprint density at radius 2 is 1.89 bits per heavy atom. The second-order valence-corrected chi connectivity index (χ2v) is 11.6. The van der Waals surface area contributed by atoms with Crippen LogP contribution >= 0.6 is 11.6 Å². The van der Waals surface area contributed by atoms with Crippen molar-refractivity contribution in [3.8, 4) is 11.5 Å². The molecule has 206 valence electrons. The third-order valence-corrected chi connectivity index (χ3v) is 8.05. The van der Waals surface area contributed by atoms with Crippen LogP contribution in [-0.2, 0) is 16.0 Å². The zero-order chi connectivity index (χ0) is 27.0. The summed E-state index contributed by atoms with van der Waals surface area (Å²) in [7, 11) is 0. The van der Waals surface area contributed by atoms with Gasteiger partial charge in [0.25, 0.3) is 5.91 Å². The molecule has 2 amide bonds. The number of fused-ring (bicyclic) bond motifs is 1. The van der Waals surface area contributed by atoms with Gasteiger partial charge in [0.05, 0.1) is 11.5 Å². The van der Waals surface area contributed by atoms with Crippen molar-refractivity contribution in [2.24, 2.45) is 11.3 Å². The van der Waals surface area contributed by atoms with Gasteiger partial charge in [-0.05, 0) is 74.3 Å². The molecular weight excluding hydrogens is 500 g/mol. The number of carbonyl (C=O) groups is 2. The van der Waals surface area contributed by atoms with E-state index in [1.165, 1.54) is 5.56 Å². The largest absolute Gasteiger partial charge is 0.491 e. The monoisotopic (exact) mass is 540 g/mol. The van der Waals surface area contributed by atoms with Crippen LogP contribution in [0.5, 0.6) is 11.5 Å². The molecule has 0 aromatic heterocycles. The van der Waals surface area contributed by atoms with Crippen LogP contribution in [-0.4, -0.2) is 49.1 Å². The molecule has 1 fully saturated rings. The molecule has 0 saturated carbocycles. The molecule has 1 saturated heterocycles. The van der Waals surface area contributed by atoms with Gasteiger partial charge in [-0.2, -0.15) is 0 Å². The highest BCUT2D eigenvalue weighted by Crippen LogP contribution is 2.38. The number of piperidine rings is 1. The van der Waals surface area contributed by atoms with Crippen molar-refractivity contribution in [3.05, 3.63) is 59.1 Å². The van der Waals surface area contributed by atoms with Crippen molar-refractivity contribution >= 4 is 23.4 Å². The summed E-state index contributed by atoms with van der Waals surface area (Å²) in [6.07, 6.45) is 7.14. The number of ether oxygens (including phenoxy) is 2. The molecule has 2 aliphatic heterocycles. The van der Waals surface area contributed by atoms with Crippen LogP contribution in [0, 0.1) is 11.3 Å². The number of rotatable bonds is 5. The highest BCUT2D eigenvalue weighted by molar-refractivity contribution is 6.30. The Labute approximate surface area is 232 Å². The summed E-state index contributed by atoms with van der Waals surface area (Å²) >= 11 is 6.02. The molecule has 7 heteroatoms. The minimum atomic E-state index is -0.458. The number of hydrogen-bond donors (Lipinski definition) is 1. The summed E-state index contributed by atoms with van der Waals surface area (Å²) in [4.78, 5) is 28.6. The van der Waals surface area contributed by atoms with E-state index in [0.29, 0.717) is 49.2 Å². The molecule has 0 unspecified atom stereocenters. The number of aryl methyl sites for hydroxylation is 1. The summed E-state index contributed by atoms with van der Waals surface area (Å²) < 4.78 is 11.9. The molecular formula is C31H41ClN2O4. The van der Waals surface area contributed by atoms with E-state index >= 15 is 0 Å². The first kappa shape index (κ1) is 28.3. The van der Waals surface area contributed by atoms with Crippen LogP contribution < -0.4 is 14.8 Å². The average molecular weight is 541 g/mol. The van der Waals surface area contributed by atoms with Gasteiger partial charge >= 0.3 is 0 Å². The molecule has 4 rings (SSSR count). The lowest BCUT2D eigenvalue weighted by Crippen LogP contribution is -2.53. The first-order chi connectivity index (χ1) is 18.3. The maximum Gasteiger partial charge on any atom is 0.260 e. The number of halogens is 1. The van der Waals surface area contributed by atoms with Crippen molar-refractivity contribution in [3.63, 3.8) is 0 Å². The van der Waals surface area contributed by atoms with E-state index in [-0.39, 0.29) is 24.5 Å². The van der Waals surface area contributed by atoms with E-state index in [1.54, 1.807) is 24.3 Å². The lowest BCUT2D eigenvalue weighted by atomic mass is 9.73. The highest BCUT2D eigenvalue weighted by atomic mass is 35.5. The Morgan fingerprint density at radius 1 is 1.11 bits per heavy atom. The van der Waals surface area contributed by atoms with Gasteiger partial charge in [-0.25, -0.2) is 0 Å². The average Bonchev–Trinajstić information content (AvgIpc) is 2.91. The SMILES string of the molecule is CC(C)C[C@H]1COc2ccccc2CCCCCC2(CCN(C(=O)COc3cccc(Cl)c3)CC2)C(=O)N1. The Balaban J connectivity index is 1.41. The van der Waals surface area contributed by atoms with Crippen LogP contribution in [0.2, 0.25) is 5.02 Å². The van der Waals surface area contributed by atoms with E-state index < -0.39 is 5.41 Å². The predicted octanol–water partition coefficient (Wildman–Crippen LogP) is 6.05. The van der Waals surface area contributed by atoms with Crippen LogP contribution in [0.4, 0.5) is 0 Å². The Hall–Kier alpha value is -2.73. The number of para-hydroxylation sites is 1. The standard InChI is InChI=1S/C31H41ClN2O4/c1-23(2)19-26-21-38-28-13-6-5-10-24(28)9-4-3-7-14-31(30(36)33-26)15-17-34(18-16-31)29(35)22-37-27-12-8-11-25(32)20-27/h5-6,8,10-13,20,23,26H,3-4,7,9,14-19,21-22H2,1-2H3,(H,33,36)/t26-/m0/s1. The number of carbonyl (C=O) groups excluding carboxylic acids is 2. The number of benzene rings is 2. The third kappa shape index (κ3) is 7.66. The number of nitrogens with one attached hydrogen (secondary N) is 1. The molecule has 1 spiro atoms. The van der Waals surface area contributed by atoms with Crippen molar-refractivity contribution in [1.29, 1.82) is 0 Å². The van der Waals surface area contributed by atoms with Crippen molar-refractivity contribution in [2.75, 3.05) is 26.3 Å². The van der Waals surface area contributed by atoms with Gasteiger partial charge in [-0.1, -0.05) is 62.6 Å². The predicted molar refractivity (Wildman–Crippen MR) is 151 cm³/mol. The summed E-state index contributed by atoms with van der Waals surface area (Å²) in [5, 5.41) is 3.94. The number of hydrogen-bond acceptors (Lipinski definition) is 4. The zero-order valence-electron chi connectivity index (χ0n) is 22.7. The van der Waals surface area contributed by atoms with Crippen LogP contribution in [0.3, 0.4) is 0 Å². The van der Waals surface area contributed by atoms with E-state index in [9.17, 15) is 9.59 Å². The fourth-order valence-corrected chi connectivity index (χ4v) is 5.82. The minimum Gasteiger partial charge on any atom is -0.491 e. The summed E-state index contributed by atoms with van der Waals surface area (Å²) in [5.74, 6) is 1.99. The summed E-state index contributed by atoms with van der Waals surface area (Å²) in [6, 6.07) is 15.3. The fourth-order valence-electron chi connectivity index (χ4n) is 5.64. The molecule has 2 aromatic carbocycles. The second-order valence-electron chi connectivity index (χ2n) is 11.2. The first-order valence-corrected chi connectivity index (χ1v) is 14.4. The van der Waals surface area contributed by atoms with Gasteiger partial charge < -0.3 is 19.7 Å². The Bertz CT molecular complexity index is 1080. The fraction of sp³-hybridized carbons (Fsp3) is 0.548. The summed E-state index contributed by atoms with van der Waals surface area (Å²) in [5.41, 5.74) is 0.781. The van der Waals surface area contributed by atoms with Crippen LogP contribution in [0.1, 0.15) is 64.4 Å². The molecule has 2 aliphatic rings. The number of likely N-dealkylation sites (tertiary alicyclic amines) is 1. The molecule has 38 heavy (non-hydrogen) atoms. The quantitative estimate of drug-likeness (QED) is 0.501. The molecule has 0 bridgehead atoms. The molecule has 6 nitrogen and oxygen atoms in total. The van der Waals surface area contributed by atoms with Gasteiger partial charge in [-0.3, -0.25) is 9.59 Å². The van der Waals surface area contributed by atoms with E-state index in [4.69, 9.17) is 21.1 Å². The maximum absolute atomic E-state index is 13.8. The van der Waals surface area contributed by atoms with E-state index in [0.717, 1.165) is 44.3 Å². The molecule has 1 atom stereocenters. The molecule has 0 radical (unpaired) electrons.